The van der Waals surface area contributed by atoms with E-state index in [9.17, 15) is 21.2 Å². The number of ether oxygens (including phenoxy) is 2. The molecule has 0 atom stereocenters. The minimum atomic E-state index is -3.97. The van der Waals surface area contributed by atoms with Crippen molar-refractivity contribution in [1.29, 1.82) is 0 Å². The highest BCUT2D eigenvalue weighted by Gasteiger charge is 2.27. The molecule has 0 radical (unpaired) electrons. The van der Waals surface area contributed by atoms with Gasteiger partial charge >= 0.3 is 7.12 Å². The van der Waals surface area contributed by atoms with E-state index < -0.39 is 38.8 Å². The molecule has 0 aliphatic rings. The van der Waals surface area contributed by atoms with Gasteiger partial charge in [0, 0.05) is 69.9 Å². The van der Waals surface area contributed by atoms with Crippen LogP contribution in [0.15, 0.2) is 165 Å². The first-order valence-electron chi connectivity index (χ1n) is 20.9. The lowest BCUT2D eigenvalue weighted by Crippen LogP contribution is -2.27. The van der Waals surface area contributed by atoms with Gasteiger partial charge in [0.25, 0.3) is 20.0 Å². The number of methoxy groups -OCH3 is 2. The summed E-state index contributed by atoms with van der Waals surface area (Å²) in [6.07, 6.45) is 5.79. The Labute approximate surface area is 415 Å². The third-order valence-electron chi connectivity index (χ3n) is 11.0. The van der Waals surface area contributed by atoms with Crippen LogP contribution in [0.25, 0.3) is 55.4 Å². The summed E-state index contributed by atoms with van der Waals surface area (Å²) in [6.45, 7) is 3.76. The van der Waals surface area contributed by atoms with E-state index in [0.29, 0.717) is 38.9 Å². The Morgan fingerprint density at radius 3 is 1.49 bits per heavy atom. The highest BCUT2D eigenvalue weighted by molar-refractivity contribution is 7.90. The van der Waals surface area contributed by atoms with Crippen molar-refractivity contribution in [2.45, 2.75) is 23.6 Å². The second-order valence-corrected chi connectivity index (χ2v) is 21.1. The molecule has 0 amide bonds. The number of nitrogens with zero attached hydrogens (tertiary/aromatic N) is 4. The van der Waals surface area contributed by atoms with Crippen molar-refractivity contribution in [2.75, 3.05) is 14.2 Å². The molecule has 6 heterocycles. The van der Waals surface area contributed by atoms with Crippen LogP contribution in [0, 0.1) is 25.5 Å². The summed E-state index contributed by atoms with van der Waals surface area (Å²) in [7, 11) is -6.33. The van der Waals surface area contributed by atoms with Crippen LogP contribution >= 0.6 is 34.3 Å². The molecule has 0 spiro atoms. The Bertz CT molecular complexity index is 3700. The number of pyridine rings is 2. The fraction of sp³-hybridized carbons (Fsp3) is 0.0800. The number of benzene rings is 4. The van der Waals surface area contributed by atoms with Crippen molar-refractivity contribution in [1.82, 2.24) is 17.9 Å². The maximum absolute atomic E-state index is 15.1. The maximum atomic E-state index is 15.1. The van der Waals surface area contributed by atoms with Gasteiger partial charge in [0.2, 0.25) is 0 Å². The monoisotopic (exact) mass is 1040 g/mol. The molecule has 70 heavy (non-hydrogen) atoms. The lowest BCUT2D eigenvalue weighted by molar-refractivity contribution is 0.411. The smallest absolute Gasteiger partial charge is 0.489 e. The molecule has 0 unspecified atom stereocenters. The number of halogens is 3. The van der Waals surface area contributed by atoms with E-state index in [2.05, 4.69) is 9.97 Å². The van der Waals surface area contributed by atoms with E-state index in [4.69, 9.17) is 31.1 Å². The Hall–Kier alpha value is -6.71. The third-order valence-corrected chi connectivity index (χ3v) is 16.0. The zero-order valence-electron chi connectivity index (χ0n) is 37.5. The molecule has 0 bridgehead atoms. The summed E-state index contributed by atoms with van der Waals surface area (Å²) in [5, 5.41) is 25.6. The summed E-state index contributed by atoms with van der Waals surface area (Å²) in [5.74, 6) is -0.341. The zero-order valence-corrected chi connectivity index (χ0v) is 41.5. The van der Waals surface area contributed by atoms with Crippen LogP contribution in [0.2, 0.25) is 5.02 Å². The first-order chi connectivity index (χ1) is 33.5. The summed E-state index contributed by atoms with van der Waals surface area (Å²) in [4.78, 5) is 8.86. The zero-order chi connectivity index (χ0) is 49.9. The van der Waals surface area contributed by atoms with Crippen molar-refractivity contribution < 1.29 is 45.1 Å². The van der Waals surface area contributed by atoms with E-state index in [1.165, 1.54) is 91.9 Å². The summed E-state index contributed by atoms with van der Waals surface area (Å²) >= 11 is 9.33. The first-order valence-corrected chi connectivity index (χ1v) is 26.1. The number of hydrogen-bond donors (Lipinski definition) is 2. The number of rotatable bonds is 10. The minimum absolute atomic E-state index is 0.100. The highest BCUT2D eigenvalue weighted by Crippen LogP contribution is 2.41. The Morgan fingerprint density at radius 2 is 1.06 bits per heavy atom. The van der Waals surface area contributed by atoms with E-state index in [1.54, 1.807) is 77.6 Å². The number of thiophene rings is 2. The predicted molar refractivity (Wildman–Crippen MR) is 273 cm³/mol. The van der Waals surface area contributed by atoms with Crippen LogP contribution in [0.3, 0.4) is 0 Å². The molecule has 0 saturated heterocycles. The standard InChI is InChI=1S/C25H19FN2O3S2.C21H16ClFN2O3S.C4H5BO2S/c1-16-3-6-19(7-4-16)33(29,30)28-14-22(21-8-5-18(31-2)13-23(21)26)24-20(9-11-27-25(24)28)17-10-12-32-15-17;1-13-3-6-15(7-4-13)29(26,27)25-12-17(20-18(22)9-10-24-21(20)25)16-8-5-14(28-2)11-19(16)23;6-5(7)4-1-2-8-3-4/h3-15H,1-2H3;3-12H,1-2H3;1-3,6-7H. The first kappa shape index (κ1) is 49.7. The predicted octanol–water partition coefficient (Wildman–Crippen LogP) is 10.6. The van der Waals surface area contributed by atoms with Crippen molar-refractivity contribution in [3.8, 4) is 44.9 Å². The topological polar surface area (TPSA) is 163 Å². The van der Waals surface area contributed by atoms with Gasteiger partial charge in [0.05, 0.1) is 29.0 Å². The second-order valence-electron chi connectivity index (χ2n) is 15.5. The van der Waals surface area contributed by atoms with E-state index in [0.717, 1.165) is 30.2 Å². The summed E-state index contributed by atoms with van der Waals surface area (Å²) < 4.78 is 96.0. The molecule has 0 saturated carbocycles. The number of hydrogen-bond acceptors (Lipinski definition) is 12. The van der Waals surface area contributed by atoms with Gasteiger partial charge in [-0.3, -0.25) is 0 Å². The molecule has 20 heteroatoms. The largest absolute Gasteiger partial charge is 0.497 e. The molecule has 10 rings (SSSR count). The molecule has 10 aromatic rings. The lowest BCUT2D eigenvalue weighted by Gasteiger charge is -2.08. The van der Waals surface area contributed by atoms with Gasteiger partial charge in [-0.15, -0.1) is 0 Å². The fourth-order valence-corrected chi connectivity index (χ4v) is 11.6. The van der Waals surface area contributed by atoms with Gasteiger partial charge in [-0.25, -0.2) is 43.5 Å². The summed E-state index contributed by atoms with van der Waals surface area (Å²) in [6, 6.07) is 28.9. The van der Waals surface area contributed by atoms with Gasteiger partial charge in [-0.2, -0.15) is 22.7 Å². The van der Waals surface area contributed by atoms with Gasteiger partial charge < -0.3 is 19.5 Å². The second kappa shape index (κ2) is 20.7. The average Bonchev–Trinajstić information content (AvgIpc) is 4.20. The van der Waals surface area contributed by atoms with Crippen LogP contribution in [-0.4, -0.2) is 66.1 Å². The number of aryl methyl sites for hydroxylation is 2. The van der Waals surface area contributed by atoms with Gasteiger partial charge in [0.1, 0.15) is 23.1 Å². The van der Waals surface area contributed by atoms with Crippen molar-refractivity contribution >= 4 is 89.0 Å². The van der Waals surface area contributed by atoms with Crippen molar-refractivity contribution in [3.05, 3.63) is 183 Å². The van der Waals surface area contributed by atoms with Crippen LogP contribution < -0.4 is 14.9 Å². The van der Waals surface area contributed by atoms with Gasteiger partial charge in [0.15, 0.2) is 11.3 Å². The van der Waals surface area contributed by atoms with Crippen molar-refractivity contribution in [2.24, 2.45) is 0 Å². The van der Waals surface area contributed by atoms with E-state index in [-0.39, 0.29) is 37.2 Å². The van der Waals surface area contributed by atoms with E-state index in [1.807, 2.05) is 36.7 Å². The average molecular weight is 1040 g/mol. The van der Waals surface area contributed by atoms with Crippen molar-refractivity contribution in [3.63, 3.8) is 0 Å². The SMILES string of the molecule is COc1ccc(-c2cn(S(=O)(=O)c3ccc(C)cc3)c3nccc(-c4ccsc4)c23)c(F)c1.COc1ccc(-c2cn(S(=O)(=O)c3ccc(C)cc3)c3nccc(Cl)c23)c(F)c1.OB(O)c1ccsc1. The third kappa shape index (κ3) is 10.00. The van der Waals surface area contributed by atoms with E-state index >= 15 is 4.39 Å². The molecular formula is C50H40BClF2N4O8S4. The quantitative estimate of drug-likeness (QED) is 0.126. The molecule has 2 N–H and O–H groups in total. The van der Waals surface area contributed by atoms with Crippen LogP contribution in [-0.2, 0) is 20.0 Å². The maximum Gasteiger partial charge on any atom is 0.489 e. The van der Waals surface area contributed by atoms with Gasteiger partial charge in [-0.1, -0.05) is 53.1 Å². The molecule has 4 aromatic carbocycles. The highest BCUT2D eigenvalue weighted by atomic mass is 35.5. The Kier molecular flexibility index (Phi) is 14.7. The molecule has 0 aliphatic heterocycles. The number of fused-ring (bicyclic) bond motifs is 2. The minimum Gasteiger partial charge on any atom is -0.497 e. The molecule has 0 aliphatic carbocycles. The molecule has 6 aromatic heterocycles. The van der Waals surface area contributed by atoms with Crippen LogP contribution in [0.4, 0.5) is 8.78 Å². The summed E-state index contributed by atoms with van der Waals surface area (Å²) in [5.41, 5.74) is 5.74. The molecule has 356 valence electrons. The fourth-order valence-electron chi connectivity index (χ4n) is 7.40. The molecule has 0 fully saturated rings. The normalized spacial score (nSPS) is 11.4. The Balaban J connectivity index is 0.000000163. The molecule has 12 nitrogen and oxygen atoms in total. The Morgan fingerprint density at radius 1 is 0.586 bits per heavy atom. The van der Waals surface area contributed by atoms with Gasteiger partial charge in [-0.05, 0) is 119 Å². The van der Waals surface area contributed by atoms with Crippen LogP contribution in [0.5, 0.6) is 11.5 Å². The van der Waals surface area contributed by atoms with Crippen LogP contribution in [0.1, 0.15) is 11.1 Å². The lowest BCUT2D eigenvalue weighted by atomic mass is 9.83. The number of aromatic nitrogens is 4. The molecular weight excluding hydrogens is 997 g/mol.